The Morgan fingerprint density at radius 1 is 1.05 bits per heavy atom. The number of aromatic amines is 1. The zero-order valence-electron chi connectivity index (χ0n) is 11.3. The summed E-state index contributed by atoms with van der Waals surface area (Å²) in [6.45, 7) is 0. The second-order valence-corrected chi connectivity index (χ2v) is 5.22. The second kappa shape index (κ2) is 4.34. The van der Waals surface area contributed by atoms with Crippen molar-refractivity contribution in [3.8, 4) is 5.88 Å². The van der Waals surface area contributed by atoms with Crippen LogP contribution in [0.2, 0.25) is 0 Å². The zero-order chi connectivity index (χ0) is 13.5. The zero-order valence-corrected chi connectivity index (χ0v) is 11.3. The van der Waals surface area contributed by atoms with Crippen LogP contribution in [0.5, 0.6) is 5.88 Å². The van der Waals surface area contributed by atoms with Crippen LogP contribution in [-0.4, -0.2) is 22.1 Å². The smallest absolute Gasteiger partial charge is 0.215 e. The highest BCUT2D eigenvalue weighted by Crippen LogP contribution is 2.33. The van der Waals surface area contributed by atoms with E-state index >= 15 is 0 Å². The number of hydrogen-bond donors (Lipinski definition) is 1. The van der Waals surface area contributed by atoms with Gasteiger partial charge in [0.15, 0.2) is 5.65 Å². The Morgan fingerprint density at radius 3 is 2.50 bits per heavy atom. The van der Waals surface area contributed by atoms with Gasteiger partial charge in [-0.3, -0.25) is 0 Å². The summed E-state index contributed by atoms with van der Waals surface area (Å²) in [7, 11) is 1.62. The number of pyridine rings is 1. The number of nitrogens with zero attached hydrogens (tertiary/aromatic N) is 2. The van der Waals surface area contributed by atoms with Crippen LogP contribution < -0.4 is 4.74 Å². The predicted octanol–water partition coefficient (Wildman–Crippen LogP) is 2.85. The number of imidazole rings is 1. The quantitative estimate of drug-likeness (QED) is 0.775. The summed E-state index contributed by atoms with van der Waals surface area (Å²) >= 11 is 0. The third kappa shape index (κ3) is 1.76. The standard InChI is InChI=1S/C16H15N3O/c1-20-14-7-6-13-16(18-14)19-15(17-13)12-8-10-4-2-3-5-11(10)9-12/h2-7,12H,8-9H2,1H3,(H,17,18,19). The molecule has 20 heavy (non-hydrogen) atoms. The molecule has 0 aliphatic heterocycles. The molecule has 4 heteroatoms. The fourth-order valence-electron chi connectivity index (χ4n) is 2.95. The number of rotatable bonds is 2. The van der Waals surface area contributed by atoms with E-state index in [1.165, 1.54) is 11.1 Å². The Bertz CT molecular complexity index is 753. The minimum absolute atomic E-state index is 0.424. The summed E-state index contributed by atoms with van der Waals surface area (Å²) in [5.41, 5.74) is 4.57. The van der Waals surface area contributed by atoms with E-state index in [2.05, 4.69) is 39.2 Å². The maximum Gasteiger partial charge on any atom is 0.215 e. The van der Waals surface area contributed by atoms with E-state index < -0.39 is 0 Å². The fourth-order valence-corrected chi connectivity index (χ4v) is 2.95. The predicted molar refractivity (Wildman–Crippen MR) is 77.0 cm³/mol. The van der Waals surface area contributed by atoms with Crippen LogP contribution in [0.4, 0.5) is 0 Å². The van der Waals surface area contributed by atoms with E-state index in [1.54, 1.807) is 7.11 Å². The lowest BCUT2D eigenvalue weighted by Gasteiger charge is -2.03. The molecule has 1 N–H and O–H groups in total. The maximum absolute atomic E-state index is 5.14. The van der Waals surface area contributed by atoms with Crippen molar-refractivity contribution in [1.29, 1.82) is 0 Å². The second-order valence-electron chi connectivity index (χ2n) is 5.22. The van der Waals surface area contributed by atoms with Crippen molar-refractivity contribution in [1.82, 2.24) is 15.0 Å². The van der Waals surface area contributed by atoms with Crippen molar-refractivity contribution >= 4 is 11.2 Å². The molecule has 4 rings (SSSR count). The Morgan fingerprint density at radius 2 is 1.80 bits per heavy atom. The molecule has 1 aromatic carbocycles. The summed E-state index contributed by atoms with van der Waals surface area (Å²) in [4.78, 5) is 12.4. The van der Waals surface area contributed by atoms with E-state index in [0.29, 0.717) is 11.8 Å². The van der Waals surface area contributed by atoms with Crippen molar-refractivity contribution in [3.63, 3.8) is 0 Å². The number of methoxy groups -OCH3 is 1. The Hall–Kier alpha value is -2.36. The Balaban J connectivity index is 1.70. The fraction of sp³-hybridized carbons (Fsp3) is 0.250. The monoisotopic (exact) mass is 265 g/mol. The normalized spacial score (nSPS) is 14.7. The number of ether oxygens (including phenoxy) is 1. The number of nitrogens with one attached hydrogen (secondary N) is 1. The van der Waals surface area contributed by atoms with Gasteiger partial charge in [-0.25, -0.2) is 4.98 Å². The summed E-state index contributed by atoms with van der Waals surface area (Å²) in [6.07, 6.45) is 2.10. The van der Waals surface area contributed by atoms with Gasteiger partial charge in [-0.05, 0) is 30.0 Å². The molecular weight excluding hydrogens is 250 g/mol. The highest BCUT2D eigenvalue weighted by molar-refractivity contribution is 5.71. The van der Waals surface area contributed by atoms with Gasteiger partial charge < -0.3 is 9.72 Å². The molecule has 0 saturated carbocycles. The average Bonchev–Trinajstić information content (AvgIpc) is 3.09. The topological polar surface area (TPSA) is 50.8 Å². The summed E-state index contributed by atoms with van der Waals surface area (Å²) in [6, 6.07) is 12.4. The van der Waals surface area contributed by atoms with Crippen molar-refractivity contribution in [2.75, 3.05) is 7.11 Å². The average molecular weight is 265 g/mol. The first-order valence-electron chi connectivity index (χ1n) is 6.81. The maximum atomic E-state index is 5.14. The molecular formula is C16H15N3O. The molecule has 0 amide bonds. The van der Waals surface area contributed by atoms with Crippen LogP contribution in [0.25, 0.3) is 11.2 Å². The van der Waals surface area contributed by atoms with E-state index in [1.807, 2.05) is 12.1 Å². The van der Waals surface area contributed by atoms with Gasteiger partial charge in [-0.15, -0.1) is 0 Å². The third-order valence-corrected chi connectivity index (χ3v) is 3.99. The van der Waals surface area contributed by atoms with Crippen LogP contribution >= 0.6 is 0 Å². The van der Waals surface area contributed by atoms with Gasteiger partial charge in [0.05, 0.1) is 12.6 Å². The van der Waals surface area contributed by atoms with Crippen LogP contribution in [0.1, 0.15) is 22.9 Å². The van der Waals surface area contributed by atoms with Gasteiger partial charge in [0.1, 0.15) is 5.82 Å². The van der Waals surface area contributed by atoms with Crippen LogP contribution in [-0.2, 0) is 12.8 Å². The lowest BCUT2D eigenvalue weighted by molar-refractivity contribution is 0.399. The first-order valence-corrected chi connectivity index (χ1v) is 6.81. The van der Waals surface area contributed by atoms with Gasteiger partial charge in [-0.2, -0.15) is 4.98 Å². The van der Waals surface area contributed by atoms with Crippen LogP contribution in [0.3, 0.4) is 0 Å². The molecule has 0 radical (unpaired) electrons. The van der Waals surface area contributed by atoms with Crippen molar-refractivity contribution in [3.05, 3.63) is 53.3 Å². The SMILES string of the molecule is COc1ccc2[nH]c(C3Cc4ccccc4C3)nc2n1. The minimum Gasteiger partial charge on any atom is -0.481 e. The Labute approximate surface area is 116 Å². The molecule has 0 unspecified atom stereocenters. The van der Waals surface area contributed by atoms with E-state index in [0.717, 1.165) is 29.8 Å². The summed E-state index contributed by atoms with van der Waals surface area (Å²) in [5, 5.41) is 0. The third-order valence-electron chi connectivity index (χ3n) is 3.99. The van der Waals surface area contributed by atoms with E-state index in [9.17, 15) is 0 Å². The minimum atomic E-state index is 0.424. The first-order chi connectivity index (χ1) is 9.83. The van der Waals surface area contributed by atoms with Gasteiger partial charge in [0, 0.05) is 12.0 Å². The molecule has 2 heterocycles. The summed E-state index contributed by atoms with van der Waals surface area (Å²) < 4.78 is 5.14. The molecule has 0 bridgehead atoms. The van der Waals surface area contributed by atoms with E-state index in [4.69, 9.17) is 4.74 Å². The molecule has 0 spiro atoms. The van der Waals surface area contributed by atoms with Crippen LogP contribution in [0, 0.1) is 0 Å². The van der Waals surface area contributed by atoms with Gasteiger partial charge in [0.25, 0.3) is 0 Å². The first kappa shape index (κ1) is 11.5. The molecule has 0 saturated heterocycles. The largest absolute Gasteiger partial charge is 0.481 e. The van der Waals surface area contributed by atoms with Gasteiger partial charge >= 0.3 is 0 Å². The lowest BCUT2D eigenvalue weighted by atomic mass is 10.1. The van der Waals surface area contributed by atoms with Gasteiger partial charge in [0.2, 0.25) is 5.88 Å². The van der Waals surface area contributed by atoms with Crippen molar-refractivity contribution in [2.45, 2.75) is 18.8 Å². The van der Waals surface area contributed by atoms with Crippen molar-refractivity contribution < 1.29 is 4.74 Å². The molecule has 2 aromatic heterocycles. The molecule has 4 nitrogen and oxygen atoms in total. The lowest BCUT2D eigenvalue weighted by Crippen LogP contribution is -2.00. The molecule has 0 atom stereocenters. The number of aromatic nitrogens is 3. The highest BCUT2D eigenvalue weighted by Gasteiger charge is 2.25. The number of H-pyrrole nitrogens is 1. The summed E-state index contributed by atoms with van der Waals surface area (Å²) in [5.74, 6) is 2.05. The number of fused-ring (bicyclic) bond motifs is 2. The highest BCUT2D eigenvalue weighted by atomic mass is 16.5. The molecule has 1 aliphatic rings. The Kier molecular flexibility index (Phi) is 2.49. The molecule has 0 fully saturated rings. The number of hydrogen-bond acceptors (Lipinski definition) is 3. The molecule has 100 valence electrons. The number of benzene rings is 1. The van der Waals surface area contributed by atoms with Gasteiger partial charge in [-0.1, -0.05) is 24.3 Å². The molecule has 3 aromatic rings. The molecule has 1 aliphatic carbocycles. The van der Waals surface area contributed by atoms with E-state index in [-0.39, 0.29) is 0 Å². The van der Waals surface area contributed by atoms with Crippen LogP contribution in [0.15, 0.2) is 36.4 Å². The van der Waals surface area contributed by atoms with Crippen molar-refractivity contribution in [2.24, 2.45) is 0 Å².